The van der Waals surface area contributed by atoms with E-state index in [2.05, 4.69) is 24.0 Å². The molecule has 0 spiro atoms. The Kier molecular flexibility index (Phi) is 1.76. The smallest absolute Gasteiger partial charge is 0.0598 e. The molecule has 0 aromatic carbocycles. The fourth-order valence-electron chi connectivity index (χ4n) is 1.85. The first kappa shape index (κ1) is 7.92. The second-order valence-electron chi connectivity index (χ2n) is 3.82. The van der Waals surface area contributed by atoms with Crippen molar-refractivity contribution < 1.29 is 0 Å². The van der Waals surface area contributed by atoms with Gasteiger partial charge in [-0.05, 0) is 19.8 Å². The van der Waals surface area contributed by atoms with E-state index in [-0.39, 0.29) is 0 Å². The van der Waals surface area contributed by atoms with Crippen molar-refractivity contribution >= 4 is 0 Å². The summed E-state index contributed by atoms with van der Waals surface area (Å²) in [5.41, 5.74) is 8.13. The topological polar surface area (TPSA) is 32.5 Å². The van der Waals surface area contributed by atoms with Gasteiger partial charge < -0.3 is 10.7 Å². The van der Waals surface area contributed by atoms with Gasteiger partial charge in [0.05, 0.1) is 6.54 Å². The molecular weight excluding hydrogens is 150 g/mol. The van der Waals surface area contributed by atoms with Crippen LogP contribution in [-0.2, 0) is 0 Å². The van der Waals surface area contributed by atoms with Gasteiger partial charge in [-0.2, -0.15) is 0 Å². The largest absolute Gasteiger partial charge is 0.399 e. The van der Waals surface area contributed by atoms with E-state index in [4.69, 9.17) is 5.73 Å². The van der Waals surface area contributed by atoms with Crippen LogP contribution >= 0.6 is 0 Å². The highest BCUT2D eigenvalue weighted by atomic mass is 15.6. The number of hydrazine groups is 1. The molecule has 12 heavy (non-hydrogen) atoms. The Morgan fingerprint density at radius 1 is 1.42 bits per heavy atom. The lowest BCUT2D eigenvalue weighted by molar-refractivity contribution is -0.0143. The third kappa shape index (κ3) is 1.00. The second-order valence-corrected chi connectivity index (χ2v) is 3.82. The molecule has 1 heterocycles. The minimum Gasteiger partial charge on any atom is -0.399 e. The van der Waals surface area contributed by atoms with E-state index < -0.39 is 0 Å². The normalized spacial score (nSPS) is 26.7. The van der Waals surface area contributed by atoms with Crippen molar-refractivity contribution in [1.29, 1.82) is 0 Å². The van der Waals surface area contributed by atoms with Gasteiger partial charge >= 0.3 is 0 Å². The van der Waals surface area contributed by atoms with Crippen LogP contribution in [-0.4, -0.2) is 29.7 Å². The Morgan fingerprint density at radius 2 is 2.08 bits per heavy atom. The average Bonchev–Trinajstić information content (AvgIpc) is 2.15. The summed E-state index contributed by atoms with van der Waals surface area (Å²) >= 11 is 0. The van der Waals surface area contributed by atoms with Gasteiger partial charge in [0.1, 0.15) is 0 Å². The molecule has 2 N–H and O–H groups in total. The molecule has 3 nitrogen and oxygen atoms in total. The molecule has 0 bridgehead atoms. The minimum atomic E-state index is 0.756. The van der Waals surface area contributed by atoms with E-state index in [1.807, 2.05) is 0 Å². The first-order chi connectivity index (χ1) is 5.70. The number of nitrogens with two attached hydrogens (primary N) is 1. The van der Waals surface area contributed by atoms with E-state index >= 15 is 0 Å². The lowest BCUT2D eigenvalue weighted by Gasteiger charge is -2.39. The van der Waals surface area contributed by atoms with Crippen molar-refractivity contribution in [3.05, 3.63) is 11.4 Å². The van der Waals surface area contributed by atoms with Gasteiger partial charge in [-0.25, -0.2) is 5.01 Å². The van der Waals surface area contributed by atoms with Crippen LogP contribution in [0.3, 0.4) is 0 Å². The lowest BCUT2D eigenvalue weighted by Crippen LogP contribution is -2.46. The zero-order valence-electron chi connectivity index (χ0n) is 7.88. The molecule has 3 heteroatoms. The maximum atomic E-state index is 5.87. The molecule has 2 rings (SSSR count). The van der Waals surface area contributed by atoms with Crippen LogP contribution in [0.4, 0.5) is 0 Å². The molecule has 1 aliphatic heterocycles. The summed E-state index contributed by atoms with van der Waals surface area (Å²) < 4.78 is 0. The molecule has 1 saturated carbocycles. The van der Waals surface area contributed by atoms with Gasteiger partial charge in [0.2, 0.25) is 0 Å². The van der Waals surface area contributed by atoms with Gasteiger partial charge in [0, 0.05) is 24.5 Å². The highest BCUT2D eigenvalue weighted by Crippen LogP contribution is 2.30. The van der Waals surface area contributed by atoms with Crippen LogP contribution in [0.5, 0.6) is 0 Å². The lowest BCUT2D eigenvalue weighted by atomic mass is 9.92. The summed E-state index contributed by atoms with van der Waals surface area (Å²) in [4.78, 5) is 0. The van der Waals surface area contributed by atoms with Crippen LogP contribution in [0.25, 0.3) is 0 Å². The van der Waals surface area contributed by atoms with Crippen LogP contribution in [0, 0.1) is 0 Å². The van der Waals surface area contributed by atoms with E-state index in [9.17, 15) is 0 Å². The Bertz CT molecular complexity index is 218. The van der Waals surface area contributed by atoms with E-state index in [1.54, 1.807) is 0 Å². The van der Waals surface area contributed by atoms with Gasteiger partial charge in [0.25, 0.3) is 0 Å². The molecule has 68 valence electrons. The van der Waals surface area contributed by atoms with Crippen molar-refractivity contribution in [1.82, 2.24) is 10.0 Å². The summed E-state index contributed by atoms with van der Waals surface area (Å²) in [7, 11) is 2.10. The molecule has 0 unspecified atom stereocenters. The highest BCUT2D eigenvalue weighted by Gasteiger charge is 2.32. The molecule has 0 aromatic heterocycles. The zero-order chi connectivity index (χ0) is 8.72. The number of rotatable bonds is 1. The third-order valence-corrected chi connectivity index (χ3v) is 3.16. The number of hydrogen-bond donors (Lipinski definition) is 1. The Morgan fingerprint density at radius 3 is 2.42 bits per heavy atom. The van der Waals surface area contributed by atoms with Gasteiger partial charge in [-0.1, -0.05) is 6.42 Å². The Hall–Kier alpha value is -0.700. The van der Waals surface area contributed by atoms with Crippen molar-refractivity contribution in [2.45, 2.75) is 32.2 Å². The maximum Gasteiger partial charge on any atom is 0.0598 e. The molecule has 0 radical (unpaired) electrons. The van der Waals surface area contributed by atoms with E-state index in [0.29, 0.717) is 0 Å². The van der Waals surface area contributed by atoms with Crippen LogP contribution in [0.15, 0.2) is 11.4 Å². The van der Waals surface area contributed by atoms with Gasteiger partial charge in [-0.3, -0.25) is 0 Å². The van der Waals surface area contributed by atoms with Gasteiger partial charge in [-0.15, -0.1) is 0 Å². The summed E-state index contributed by atoms with van der Waals surface area (Å²) in [6, 6.07) is 0.756. The predicted octanol–water partition coefficient (Wildman–Crippen LogP) is 0.891. The molecule has 0 atom stereocenters. The van der Waals surface area contributed by atoms with E-state index in [1.165, 1.54) is 25.0 Å². The van der Waals surface area contributed by atoms with E-state index in [0.717, 1.165) is 18.3 Å². The number of allylic oxidation sites excluding steroid dienone is 1. The predicted molar refractivity (Wildman–Crippen MR) is 49.0 cm³/mol. The minimum absolute atomic E-state index is 0.756. The van der Waals surface area contributed by atoms with Gasteiger partial charge in [0.15, 0.2) is 0 Å². The fraction of sp³-hybridized carbons (Fsp3) is 0.778. The monoisotopic (exact) mass is 167 g/mol. The zero-order valence-corrected chi connectivity index (χ0v) is 7.88. The first-order valence-corrected chi connectivity index (χ1v) is 4.65. The third-order valence-electron chi connectivity index (χ3n) is 3.16. The molecule has 0 amide bonds. The Balaban J connectivity index is 2.04. The van der Waals surface area contributed by atoms with Crippen molar-refractivity contribution in [3.8, 4) is 0 Å². The summed E-state index contributed by atoms with van der Waals surface area (Å²) in [5.74, 6) is 0. The van der Waals surface area contributed by atoms with Crippen LogP contribution < -0.4 is 5.73 Å². The summed E-state index contributed by atoms with van der Waals surface area (Å²) in [6.45, 7) is 3.03. The fourth-order valence-corrected chi connectivity index (χ4v) is 1.85. The molecular formula is C9H17N3. The molecule has 1 fully saturated rings. The van der Waals surface area contributed by atoms with Crippen LogP contribution in [0.2, 0.25) is 0 Å². The highest BCUT2D eigenvalue weighted by molar-refractivity contribution is 5.14. The second kappa shape index (κ2) is 2.66. The summed E-state index contributed by atoms with van der Waals surface area (Å²) in [5, 5.41) is 4.59. The SMILES string of the molecule is CC1=C(N)CN(C2CCC2)N1C. The number of hydrogen-bond acceptors (Lipinski definition) is 3. The molecule has 2 aliphatic rings. The first-order valence-electron chi connectivity index (χ1n) is 4.65. The van der Waals surface area contributed by atoms with Crippen LogP contribution in [0.1, 0.15) is 26.2 Å². The molecule has 0 saturated heterocycles. The standard InChI is InChI=1S/C9H17N3/c1-7-9(10)6-12(11(7)2)8-4-3-5-8/h8H,3-6,10H2,1-2H3. The molecule has 0 aromatic rings. The van der Waals surface area contributed by atoms with Crippen molar-refractivity contribution in [2.75, 3.05) is 13.6 Å². The summed E-state index contributed by atoms with van der Waals surface area (Å²) in [6.07, 6.45) is 4.06. The number of nitrogens with zero attached hydrogens (tertiary/aromatic N) is 2. The van der Waals surface area contributed by atoms with Crippen molar-refractivity contribution in [2.24, 2.45) is 5.73 Å². The van der Waals surface area contributed by atoms with Crippen molar-refractivity contribution in [3.63, 3.8) is 0 Å². The maximum absolute atomic E-state index is 5.87. The Labute approximate surface area is 73.8 Å². The average molecular weight is 167 g/mol. The quantitative estimate of drug-likeness (QED) is 0.629. The molecule has 1 aliphatic carbocycles.